The van der Waals surface area contributed by atoms with Crippen molar-refractivity contribution in [2.75, 3.05) is 13.1 Å². The van der Waals surface area contributed by atoms with E-state index in [1.165, 1.54) is 6.07 Å². The van der Waals surface area contributed by atoms with Crippen LogP contribution in [-0.2, 0) is 0 Å². The molecule has 1 aromatic carbocycles. The molecule has 104 valence electrons. The van der Waals surface area contributed by atoms with Crippen molar-refractivity contribution < 1.29 is 13.6 Å². The summed E-state index contributed by atoms with van der Waals surface area (Å²) in [6.07, 6.45) is 0. The van der Waals surface area contributed by atoms with E-state index in [2.05, 4.69) is 18.7 Å². The summed E-state index contributed by atoms with van der Waals surface area (Å²) >= 11 is 0. The van der Waals surface area contributed by atoms with Gasteiger partial charge in [0.1, 0.15) is 11.6 Å². The number of carbonyl (C=O) groups is 1. The van der Waals surface area contributed by atoms with Crippen molar-refractivity contribution in [3.05, 3.63) is 35.4 Å². The summed E-state index contributed by atoms with van der Waals surface area (Å²) in [6, 6.07) is 2.74. The average molecular weight is 267 g/mol. The molecule has 0 saturated carbocycles. The molecule has 0 aliphatic carbocycles. The normalized spacial score (nSPS) is 25.5. The molecular formula is C15H19F2NO. The quantitative estimate of drug-likeness (QED) is 0.784. The van der Waals surface area contributed by atoms with E-state index in [9.17, 15) is 13.6 Å². The van der Waals surface area contributed by atoms with Gasteiger partial charge in [-0.05, 0) is 30.9 Å². The summed E-state index contributed by atoms with van der Waals surface area (Å²) in [6.45, 7) is 7.78. The first-order chi connectivity index (χ1) is 8.90. The number of ketones is 1. The lowest BCUT2D eigenvalue weighted by molar-refractivity contribution is 0.0857. The zero-order valence-corrected chi connectivity index (χ0v) is 11.5. The summed E-state index contributed by atoms with van der Waals surface area (Å²) in [7, 11) is 0. The van der Waals surface area contributed by atoms with Gasteiger partial charge in [-0.25, -0.2) is 8.78 Å². The number of carbonyl (C=O) groups excluding carboxylic acids is 1. The summed E-state index contributed by atoms with van der Waals surface area (Å²) in [5, 5.41) is 0. The van der Waals surface area contributed by atoms with Gasteiger partial charge in [-0.2, -0.15) is 0 Å². The first kappa shape index (κ1) is 14.1. The molecule has 0 amide bonds. The van der Waals surface area contributed by atoms with Gasteiger partial charge in [0.05, 0.1) is 11.6 Å². The number of benzene rings is 1. The maximum atomic E-state index is 13.6. The molecule has 2 nitrogen and oxygen atoms in total. The molecule has 1 fully saturated rings. The lowest BCUT2D eigenvalue weighted by atomic mass is 10.0. The van der Waals surface area contributed by atoms with Crippen molar-refractivity contribution in [3.8, 4) is 0 Å². The van der Waals surface area contributed by atoms with E-state index in [1.807, 2.05) is 0 Å². The fourth-order valence-corrected chi connectivity index (χ4v) is 2.57. The molecule has 1 aromatic rings. The molecule has 4 heteroatoms. The minimum Gasteiger partial charge on any atom is -0.293 e. The minimum atomic E-state index is -0.780. The van der Waals surface area contributed by atoms with Crippen LogP contribution in [0.25, 0.3) is 0 Å². The molecule has 0 bridgehead atoms. The molecular weight excluding hydrogens is 248 g/mol. The van der Waals surface area contributed by atoms with Crippen LogP contribution >= 0.6 is 0 Å². The molecule has 1 aliphatic heterocycles. The van der Waals surface area contributed by atoms with E-state index in [0.29, 0.717) is 11.8 Å². The van der Waals surface area contributed by atoms with Gasteiger partial charge in [0.25, 0.3) is 0 Å². The third-order valence-corrected chi connectivity index (χ3v) is 4.14. The maximum Gasteiger partial charge on any atom is 0.182 e. The van der Waals surface area contributed by atoms with Crippen LogP contribution in [0.1, 0.15) is 31.1 Å². The van der Waals surface area contributed by atoms with Crippen molar-refractivity contribution in [1.82, 2.24) is 4.90 Å². The van der Waals surface area contributed by atoms with Crippen LogP contribution in [0, 0.1) is 23.5 Å². The highest BCUT2D eigenvalue weighted by Crippen LogP contribution is 2.25. The van der Waals surface area contributed by atoms with E-state index in [0.717, 1.165) is 25.2 Å². The van der Waals surface area contributed by atoms with Gasteiger partial charge in [0.15, 0.2) is 5.78 Å². The van der Waals surface area contributed by atoms with Crippen LogP contribution in [0.2, 0.25) is 0 Å². The third-order valence-electron chi connectivity index (χ3n) is 4.14. The van der Waals surface area contributed by atoms with Gasteiger partial charge in [0.2, 0.25) is 0 Å². The van der Waals surface area contributed by atoms with Gasteiger partial charge in [-0.3, -0.25) is 9.69 Å². The summed E-state index contributed by atoms with van der Waals surface area (Å²) < 4.78 is 26.5. The van der Waals surface area contributed by atoms with Crippen molar-refractivity contribution in [3.63, 3.8) is 0 Å². The van der Waals surface area contributed by atoms with E-state index in [4.69, 9.17) is 0 Å². The smallest absolute Gasteiger partial charge is 0.182 e. The number of likely N-dealkylation sites (tertiary alicyclic amines) is 1. The number of nitrogens with zero attached hydrogens (tertiary/aromatic N) is 1. The predicted molar refractivity (Wildman–Crippen MR) is 70.1 cm³/mol. The molecule has 3 atom stereocenters. The molecule has 19 heavy (non-hydrogen) atoms. The van der Waals surface area contributed by atoms with Gasteiger partial charge >= 0.3 is 0 Å². The van der Waals surface area contributed by atoms with Gasteiger partial charge in [0, 0.05) is 19.2 Å². The van der Waals surface area contributed by atoms with Crippen LogP contribution in [0.3, 0.4) is 0 Å². The summed E-state index contributed by atoms with van der Waals surface area (Å²) in [5.74, 6) is -0.650. The number of hydrogen-bond acceptors (Lipinski definition) is 2. The fraction of sp³-hybridized carbons (Fsp3) is 0.533. The molecule has 1 heterocycles. The summed E-state index contributed by atoms with van der Waals surface area (Å²) in [5.41, 5.74) is -0.0268. The number of halogens is 2. The Bertz CT molecular complexity index is 479. The largest absolute Gasteiger partial charge is 0.293 e. The Morgan fingerprint density at radius 2 is 1.84 bits per heavy atom. The monoisotopic (exact) mass is 267 g/mol. The van der Waals surface area contributed by atoms with Crippen LogP contribution in [0.4, 0.5) is 8.78 Å². The molecule has 0 spiro atoms. The highest BCUT2D eigenvalue weighted by atomic mass is 19.1. The summed E-state index contributed by atoms with van der Waals surface area (Å²) in [4.78, 5) is 14.3. The molecule has 0 aromatic heterocycles. The molecule has 1 saturated heterocycles. The highest BCUT2D eigenvalue weighted by molar-refractivity contribution is 6.00. The first-order valence-corrected chi connectivity index (χ1v) is 6.63. The second-order valence-electron chi connectivity index (χ2n) is 5.57. The number of Topliss-reactive ketones (excluding diaryl/α,β-unsaturated/α-hetero) is 1. The Kier molecular flexibility index (Phi) is 3.99. The second kappa shape index (κ2) is 5.37. The van der Waals surface area contributed by atoms with Crippen LogP contribution < -0.4 is 0 Å². The zero-order valence-electron chi connectivity index (χ0n) is 11.5. The Labute approximate surface area is 112 Å². The maximum absolute atomic E-state index is 13.6. The van der Waals surface area contributed by atoms with Gasteiger partial charge in [-0.1, -0.05) is 13.8 Å². The molecule has 0 N–H and O–H groups in total. The number of hydrogen-bond donors (Lipinski definition) is 0. The Morgan fingerprint density at radius 3 is 2.37 bits per heavy atom. The highest BCUT2D eigenvalue weighted by Gasteiger charge is 2.33. The van der Waals surface area contributed by atoms with E-state index < -0.39 is 11.6 Å². The van der Waals surface area contributed by atoms with E-state index >= 15 is 0 Å². The van der Waals surface area contributed by atoms with Crippen LogP contribution in [0.5, 0.6) is 0 Å². The number of rotatable bonds is 3. The van der Waals surface area contributed by atoms with Crippen LogP contribution in [-0.4, -0.2) is 29.8 Å². The van der Waals surface area contributed by atoms with Gasteiger partial charge in [-0.15, -0.1) is 0 Å². The second-order valence-corrected chi connectivity index (χ2v) is 5.57. The van der Waals surface area contributed by atoms with Crippen molar-refractivity contribution in [2.24, 2.45) is 11.8 Å². The predicted octanol–water partition coefficient (Wildman–Crippen LogP) is 3.12. The molecule has 2 rings (SSSR count). The average Bonchev–Trinajstić information content (AvgIpc) is 2.68. The lowest BCUT2D eigenvalue weighted by Crippen LogP contribution is -2.38. The van der Waals surface area contributed by atoms with Gasteiger partial charge < -0.3 is 0 Å². The third kappa shape index (κ3) is 2.84. The lowest BCUT2D eigenvalue weighted by Gasteiger charge is -2.23. The van der Waals surface area contributed by atoms with Crippen molar-refractivity contribution in [2.45, 2.75) is 26.8 Å². The SMILES string of the molecule is CC1CN(C(C)C(=O)c2ccc(F)cc2F)CC1C. The Balaban J connectivity index is 2.15. The zero-order chi connectivity index (χ0) is 14.2. The van der Waals surface area contributed by atoms with Crippen molar-refractivity contribution in [1.29, 1.82) is 0 Å². The Hall–Kier alpha value is -1.29. The van der Waals surface area contributed by atoms with Crippen LogP contribution in [0.15, 0.2) is 18.2 Å². The fourth-order valence-electron chi connectivity index (χ4n) is 2.57. The molecule has 1 aliphatic rings. The van der Waals surface area contributed by atoms with E-state index in [1.54, 1.807) is 6.92 Å². The van der Waals surface area contributed by atoms with Crippen molar-refractivity contribution >= 4 is 5.78 Å². The standard InChI is InChI=1S/C15H19F2NO/c1-9-7-18(8-10(9)2)11(3)15(19)13-5-4-12(16)6-14(13)17/h4-6,9-11H,7-8H2,1-3H3. The minimum absolute atomic E-state index is 0.0268. The Morgan fingerprint density at radius 1 is 1.26 bits per heavy atom. The topological polar surface area (TPSA) is 20.3 Å². The van der Waals surface area contributed by atoms with E-state index in [-0.39, 0.29) is 17.4 Å². The molecule has 0 radical (unpaired) electrons. The molecule has 3 unspecified atom stereocenters. The first-order valence-electron chi connectivity index (χ1n) is 6.63.